The predicted octanol–water partition coefficient (Wildman–Crippen LogP) is 4.05. The number of hydrogen-bond donors (Lipinski definition) is 1. The van der Waals surface area contributed by atoms with E-state index >= 15 is 0 Å². The van der Waals surface area contributed by atoms with Crippen molar-refractivity contribution in [1.29, 1.82) is 0 Å². The topological polar surface area (TPSA) is 61.6 Å². The summed E-state index contributed by atoms with van der Waals surface area (Å²) in [7, 11) is 2.10. The normalized spacial score (nSPS) is 20.1. The largest absolute Gasteiger partial charge is 0.360 e. The van der Waals surface area contributed by atoms with Crippen molar-refractivity contribution in [1.82, 2.24) is 20.3 Å². The van der Waals surface area contributed by atoms with Gasteiger partial charge in [0, 0.05) is 32.1 Å². The van der Waals surface area contributed by atoms with Gasteiger partial charge in [0.05, 0.1) is 12.2 Å². The molecule has 3 aromatic rings. The Morgan fingerprint density at radius 3 is 2.74 bits per heavy atom. The lowest BCUT2D eigenvalue weighted by Crippen LogP contribution is -2.42. The van der Waals surface area contributed by atoms with E-state index in [1.54, 1.807) is 0 Å². The van der Waals surface area contributed by atoms with Gasteiger partial charge < -0.3 is 14.7 Å². The van der Waals surface area contributed by atoms with Gasteiger partial charge in [-0.3, -0.25) is 9.69 Å². The smallest absolute Gasteiger partial charge is 0.223 e. The average Bonchev–Trinajstić information content (AvgIpc) is 3.31. The Kier molecular flexibility index (Phi) is 7.60. The zero-order valence-corrected chi connectivity index (χ0v) is 20.7. The minimum Gasteiger partial charge on any atom is -0.360 e. The van der Waals surface area contributed by atoms with E-state index < -0.39 is 0 Å². The minimum atomic E-state index is 0.291. The number of nitrogens with zero attached hydrogens (tertiary/aromatic N) is 3. The van der Waals surface area contributed by atoms with Gasteiger partial charge >= 0.3 is 0 Å². The van der Waals surface area contributed by atoms with Crippen LogP contribution < -0.4 is 5.32 Å². The molecule has 2 aliphatic rings. The second-order valence-electron chi connectivity index (χ2n) is 10.2. The van der Waals surface area contributed by atoms with E-state index in [9.17, 15) is 4.79 Å². The number of rotatable bonds is 8. The Morgan fingerprint density at radius 2 is 1.89 bits per heavy atom. The minimum absolute atomic E-state index is 0.291. The number of carbonyl (C=O) groups excluding carboxylic acids is 1. The van der Waals surface area contributed by atoms with E-state index in [0.29, 0.717) is 24.2 Å². The molecule has 6 nitrogen and oxygen atoms in total. The van der Waals surface area contributed by atoms with E-state index in [2.05, 4.69) is 81.9 Å². The number of piperidine rings is 1. The first-order valence-corrected chi connectivity index (χ1v) is 12.9. The van der Waals surface area contributed by atoms with Crippen molar-refractivity contribution >= 4 is 5.91 Å². The molecular formula is C29H36N4O2. The Labute approximate surface area is 208 Å². The van der Waals surface area contributed by atoms with Crippen LogP contribution in [0.1, 0.15) is 41.0 Å². The van der Waals surface area contributed by atoms with E-state index in [4.69, 9.17) is 4.52 Å². The Morgan fingerprint density at radius 1 is 1.09 bits per heavy atom. The highest BCUT2D eigenvalue weighted by molar-refractivity contribution is 5.76. The second kappa shape index (κ2) is 11.2. The molecule has 1 amide bonds. The summed E-state index contributed by atoms with van der Waals surface area (Å²) in [6.07, 6.45) is 3.46. The number of amides is 1. The number of benzene rings is 2. The fourth-order valence-electron chi connectivity index (χ4n) is 5.56. The van der Waals surface area contributed by atoms with Crippen molar-refractivity contribution in [2.24, 2.45) is 11.8 Å². The lowest BCUT2D eigenvalue weighted by molar-refractivity contribution is -0.133. The Hall–Kier alpha value is -2.96. The van der Waals surface area contributed by atoms with E-state index in [1.165, 1.54) is 16.7 Å². The molecule has 1 fully saturated rings. The third kappa shape index (κ3) is 6.19. The monoisotopic (exact) mass is 472 g/mol. The first kappa shape index (κ1) is 23.8. The molecule has 0 saturated carbocycles. The summed E-state index contributed by atoms with van der Waals surface area (Å²) in [6, 6.07) is 21.1. The van der Waals surface area contributed by atoms with Crippen LogP contribution in [0.5, 0.6) is 0 Å². The maximum atomic E-state index is 13.2. The molecule has 184 valence electrons. The van der Waals surface area contributed by atoms with Crippen LogP contribution in [0.25, 0.3) is 0 Å². The molecule has 2 aromatic carbocycles. The van der Waals surface area contributed by atoms with Crippen molar-refractivity contribution in [2.45, 2.75) is 45.3 Å². The number of fused-ring (bicyclic) bond motifs is 1. The van der Waals surface area contributed by atoms with Gasteiger partial charge in [0.1, 0.15) is 0 Å². The molecule has 0 radical (unpaired) electrons. The summed E-state index contributed by atoms with van der Waals surface area (Å²) in [4.78, 5) is 17.5. The molecule has 1 aromatic heterocycles. The molecule has 0 bridgehead atoms. The fourth-order valence-corrected chi connectivity index (χ4v) is 5.56. The molecule has 0 spiro atoms. The summed E-state index contributed by atoms with van der Waals surface area (Å²) in [5.74, 6) is 1.95. The maximum absolute atomic E-state index is 13.2. The van der Waals surface area contributed by atoms with Gasteiger partial charge in [-0.25, -0.2) is 0 Å². The average molecular weight is 473 g/mol. The molecule has 1 N–H and O–H groups in total. The maximum Gasteiger partial charge on any atom is 0.223 e. The van der Waals surface area contributed by atoms with Crippen LogP contribution in [0.3, 0.4) is 0 Å². The number of aromatic nitrogens is 1. The fraction of sp³-hybridized carbons (Fsp3) is 0.448. The van der Waals surface area contributed by atoms with Gasteiger partial charge in [-0.15, -0.1) is 0 Å². The quantitative estimate of drug-likeness (QED) is 0.536. The molecule has 1 saturated heterocycles. The zero-order chi connectivity index (χ0) is 24.0. The summed E-state index contributed by atoms with van der Waals surface area (Å²) >= 11 is 0. The van der Waals surface area contributed by atoms with Crippen molar-refractivity contribution in [3.8, 4) is 0 Å². The lowest BCUT2D eigenvalue weighted by Gasteiger charge is -2.34. The van der Waals surface area contributed by atoms with Crippen LogP contribution in [-0.2, 0) is 37.3 Å². The van der Waals surface area contributed by atoms with Crippen molar-refractivity contribution in [3.05, 3.63) is 88.8 Å². The summed E-state index contributed by atoms with van der Waals surface area (Å²) in [5, 5.41) is 7.90. The SMILES string of the molecule is CN(Cc1ccccc1)Cc1cc(C[C@@H]2CNCC[C@H]2CC(=O)N2CCc3ccccc3C2)no1. The van der Waals surface area contributed by atoms with Gasteiger partial charge in [0.25, 0.3) is 0 Å². The van der Waals surface area contributed by atoms with Crippen molar-refractivity contribution < 1.29 is 9.32 Å². The van der Waals surface area contributed by atoms with Crippen molar-refractivity contribution in [3.63, 3.8) is 0 Å². The molecular weight excluding hydrogens is 436 g/mol. The number of carbonyl (C=O) groups is 1. The van der Waals surface area contributed by atoms with Crippen molar-refractivity contribution in [2.75, 3.05) is 26.7 Å². The molecule has 2 aliphatic heterocycles. The highest BCUT2D eigenvalue weighted by Crippen LogP contribution is 2.28. The van der Waals surface area contributed by atoms with E-state index in [1.807, 2.05) is 6.07 Å². The van der Waals surface area contributed by atoms with Crippen LogP contribution >= 0.6 is 0 Å². The predicted molar refractivity (Wildman–Crippen MR) is 136 cm³/mol. The molecule has 35 heavy (non-hydrogen) atoms. The van der Waals surface area contributed by atoms with E-state index in [0.717, 1.165) is 70.0 Å². The van der Waals surface area contributed by atoms with Crippen LogP contribution in [0.15, 0.2) is 65.2 Å². The highest BCUT2D eigenvalue weighted by atomic mass is 16.5. The summed E-state index contributed by atoms with van der Waals surface area (Å²) in [5.41, 5.74) is 4.95. The van der Waals surface area contributed by atoms with Gasteiger partial charge in [0.2, 0.25) is 5.91 Å². The molecule has 6 heteroatoms. The van der Waals surface area contributed by atoms with Crippen LogP contribution in [-0.4, -0.2) is 47.5 Å². The molecule has 0 aliphatic carbocycles. The van der Waals surface area contributed by atoms with Crippen LogP contribution in [0, 0.1) is 11.8 Å². The molecule has 3 heterocycles. The lowest BCUT2D eigenvalue weighted by atomic mass is 9.80. The molecule has 5 rings (SSSR count). The number of nitrogens with one attached hydrogen (secondary N) is 1. The molecule has 0 unspecified atom stereocenters. The first-order valence-electron chi connectivity index (χ1n) is 12.9. The Balaban J connectivity index is 1.15. The zero-order valence-electron chi connectivity index (χ0n) is 20.7. The third-order valence-corrected chi connectivity index (χ3v) is 7.49. The highest BCUT2D eigenvalue weighted by Gasteiger charge is 2.30. The Bertz CT molecular complexity index is 1110. The second-order valence-corrected chi connectivity index (χ2v) is 10.2. The van der Waals surface area contributed by atoms with Gasteiger partial charge in [0.15, 0.2) is 5.76 Å². The van der Waals surface area contributed by atoms with Gasteiger partial charge in [-0.05, 0) is 67.9 Å². The van der Waals surface area contributed by atoms with Crippen LogP contribution in [0.4, 0.5) is 0 Å². The third-order valence-electron chi connectivity index (χ3n) is 7.49. The van der Waals surface area contributed by atoms with Crippen LogP contribution in [0.2, 0.25) is 0 Å². The summed E-state index contributed by atoms with van der Waals surface area (Å²) in [6.45, 7) is 5.07. The molecule has 2 atom stereocenters. The first-order chi connectivity index (χ1) is 17.1. The number of hydrogen-bond acceptors (Lipinski definition) is 5. The van der Waals surface area contributed by atoms with E-state index in [-0.39, 0.29) is 0 Å². The van der Waals surface area contributed by atoms with Gasteiger partial charge in [-0.1, -0.05) is 59.8 Å². The standard InChI is InChI=1S/C29H36N4O2/c1-32(19-22-7-3-2-4-8-22)21-28-17-27(31-35-28)15-26-18-30-13-11-24(26)16-29(34)33-14-12-23-9-5-6-10-25(23)20-33/h2-10,17,24,26,30H,11-16,18-21H2,1H3/t24-,26+/m0/s1. The summed E-state index contributed by atoms with van der Waals surface area (Å²) < 4.78 is 5.67. The van der Waals surface area contributed by atoms with Gasteiger partial charge in [-0.2, -0.15) is 0 Å².